The minimum absolute atomic E-state index is 0.0771. The maximum absolute atomic E-state index is 11.8. The number of nitrogens with two attached hydrogens (primary N) is 1. The van der Waals surface area contributed by atoms with Crippen molar-refractivity contribution in [1.82, 2.24) is 20.6 Å². The van der Waals surface area contributed by atoms with Gasteiger partial charge >= 0.3 is 11.9 Å². The number of imidazole rings is 1. The van der Waals surface area contributed by atoms with Crippen molar-refractivity contribution in [2.45, 2.75) is 38.8 Å². The standard InChI is InChI=1S/C15H16N4O4.C6H13NO2/c20-13(8-17-14(21)10-4-2-1-3-5-10)19-12(15(22)23)6-11-7-16-9-18-11;1-4(2)3-5(7)6(8)9/h1-5,7,9,12H,6,8H2,(H,16,18)(H,17,21)(H,19,20)(H,22,23);4-5H,3,7H2,1-2H3,(H,8,9). The van der Waals surface area contributed by atoms with E-state index in [2.05, 4.69) is 20.6 Å². The van der Waals surface area contributed by atoms with Crippen molar-refractivity contribution < 1.29 is 29.4 Å². The topological polar surface area (TPSA) is 188 Å². The molecule has 2 atom stereocenters. The Bertz CT molecular complexity index is 870. The highest BCUT2D eigenvalue weighted by Crippen LogP contribution is 2.02. The maximum atomic E-state index is 11.8. The van der Waals surface area contributed by atoms with Crippen LogP contribution < -0.4 is 16.4 Å². The Morgan fingerprint density at radius 3 is 2.22 bits per heavy atom. The average Bonchev–Trinajstić information content (AvgIpc) is 3.25. The lowest BCUT2D eigenvalue weighted by Crippen LogP contribution is -2.46. The molecule has 7 N–H and O–H groups in total. The van der Waals surface area contributed by atoms with Crippen molar-refractivity contribution in [2.24, 2.45) is 11.7 Å². The van der Waals surface area contributed by atoms with Gasteiger partial charge in [0.25, 0.3) is 5.91 Å². The zero-order valence-electron chi connectivity index (χ0n) is 17.9. The molecule has 32 heavy (non-hydrogen) atoms. The molecule has 0 radical (unpaired) electrons. The van der Waals surface area contributed by atoms with Gasteiger partial charge in [0.15, 0.2) is 0 Å². The van der Waals surface area contributed by atoms with Crippen molar-refractivity contribution in [2.75, 3.05) is 6.54 Å². The van der Waals surface area contributed by atoms with E-state index in [4.69, 9.17) is 15.9 Å². The van der Waals surface area contributed by atoms with Crippen molar-refractivity contribution >= 4 is 23.8 Å². The monoisotopic (exact) mass is 447 g/mol. The van der Waals surface area contributed by atoms with Crippen molar-refractivity contribution in [3.05, 3.63) is 54.1 Å². The van der Waals surface area contributed by atoms with E-state index >= 15 is 0 Å². The Balaban J connectivity index is 0.000000482. The van der Waals surface area contributed by atoms with E-state index in [1.54, 1.807) is 30.3 Å². The number of aliphatic carboxylic acids is 2. The number of carboxylic acids is 2. The lowest BCUT2D eigenvalue weighted by Gasteiger charge is -2.14. The first kappa shape index (κ1) is 26.3. The third-order valence-electron chi connectivity index (χ3n) is 4.10. The van der Waals surface area contributed by atoms with Crippen LogP contribution in [0.2, 0.25) is 0 Å². The average molecular weight is 447 g/mol. The molecule has 2 rings (SSSR count). The highest BCUT2D eigenvalue weighted by atomic mass is 16.4. The lowest BCUT2D eigenvalue weighted by atomic mass is 10.1. The number of hydrogen-bond acceptors (Lipinski definition) is 6. The van der Waals surface area contributed by atoms with Gasteiger partial charge < -0.3 is 31.6 Å². The fourth-order valence-electron chi connectivity index (χ4n) is 2.52. The van der Waals surface area contributed by atoms with E-state index in [9.17, 15) is 19.2 Å². The van der Waals surface area contributed by atoms with E-state index in [-0.39, 0.29) is 13.0 Å². The Kier molecular flexibility index (Phi) is 11.1. The van der Waals surface area contributed by atoms with Crippen LogP contribution in [0.5, 0.6) is 0 Å². The molecule has 0 aliphatic carbocycles. The van der Waals surface area contributed by atoms with Crippen LogP contribution in [-0.4, -0.2) is 62.6 Å². The van der Waals surface area contributed by atoms with Crippen molar-refractivity contribution in [3.8, 4) is 0 Å². The van der Waals surface area contributed by atoms with E-state index in [1.165, 1.54) is 12.5 Å². The molecule has 0 saturated heterocycles. The van der Waals surface area contributed by atoms with Gasteiger partial charge in [-0.05, 0) is 24.5 Å². The number of carboxylic acid groups (broad SMARTS) is 2. The molecule has 2 amide bonds. The molecule has 11 heteroatoms. The molecule has 0 saturated carbocycles. The van der Waals surface area contributed by atoms with Gasteiger partial charge in [0.1, 0.15) is 12.1 Å². The summed E-state index contributed by atoms with van der Waals surface area (Å²) in [5.41, 5.74) is 6.23. The van der Waals surface area contributed by atoms with Crippen molar-refractivity contribution in [1.29, 1.82) is 0 Å². The van der Waals surface area contributed by atoms with Gasteiger partial charge in [0.05, 0.1) is 12.9 Å². The van der Waals surface area contributed by atoms with Gasteiger partial charge in [-0.3, -0.25) is 14.4 Å². The van der Waals surface area contributed by atoms with Gasteiger partial charge in [0.2, 0.25) is 5.91 Å². The van der Waals surface area contributed by atoms with E-state index in [1.807, 2.05) is 13.8 Å². The SMILES string of the molecule is CC(C)CC(N)C(=O)O.O=C(CNC(=O)c1ccccc1)NC(Cc1cnc[nH]1)C(=O)O. The highest BCUT2D eigenvalue weighted by molar-refractivity contribution is 5.96. The molecule has 1 aromatic heterocycles. The minimum atomic E-state index is -1.16. The van der Waals surface area contributed by atoms with Crippen LogP contribution in [0, 0.1) is 5.92 Å². The Hall–Kier alpha value is -3.73. The van der Waals surface area contributed by atoms with Crippen LogP contribution >= 0.6 is 0 Å². The van der Waals surface area contributed by atoms with Gasteiger partial charge in [-0.15, -0.1) is 0 Å². The molecule has 1 heterocycles. The lowest BCUT2D eigenvalue weighted by molar-refractivity contribution is -0.141. The number of H-pyrrole nitrogens is 1. The number of carbonyl (C=O) groups is 4. The Morgan fingerprint density at radius 2 is 1.75 bits per heavy atom. The first-order valence-corrected chi connectivity index (χ1v) is 9.91. The van der Waals surface area contributed by atoms with Crippen LogP contribution in [0.1, 0.15) is 36.3 Å². The number of nitrogens with one attached hydrogen (secondary N) is 3. The normalized spacial score (nSPS) is 12.1. The summed E-state index contributed by atoms with van der Waals surface area (Å²) >= 11 is 0. The number of rotatable bonds is 10. The molecule has 174 valence electrons. The second-order valence-electron chi connectivity index (χ2n) is 7.36. The van der Waals surface area contributed by atoms with Crippen molar-refractivity contribution in [3.63, 3.8) is 0 Å². The number of aromatic amines is 1. The molecule has 0 aliphatic heterocycles. The summed E-state index contributed by atoms with van der Waals surface area (Å²) in [6, 6.07) is 6.63. The van der Waals surface area contributed by atoms with Gasteiger partial charge in [0, 0.05) is 23.9 Å². The molecule has 0 aliphatic rings. The third kappa shape index (κ3) is 10.3. The quantitative estimate of drug-likeness (QED) is 0.302. The maximum Gasteiger partial charge on any atom is 0.326 e. The zero-order chi connectivity index (χ0) is 24.1. The second-order valence-corrected chi connectivity index (χ2v) is 7.36. The highest BCUT2D eigenvalue weighted by Gasteiger charge is 2.21. The summed E-state index contributed by atoms with van der Waals surface area (Å²) < 4.78 is 0. The second kappa shape index (κ2) is 13.5. The van der Waals surface area contributed by atoms with Crippen LogP contribution in [0.3, 0.4) is 0 Å². The summed E-state index contributed by atoms with van der Waals surface area (Å²) in [5, 5.41) is 22.2. The van der Waals surface area contributed by atoms with Crippen LogP contribution in [-0.2, 0) is 20.8 Å². The summed E-state index contributed by atoms with van der Waals surface area (Å²) in [4.78, 5) is 51.5. The third-order valence-corrected chi connectivity index (χ3v) is 4.10. The molecule has 1 aromatic carbocycles. The molecule has 2 aromatic rings. The van der Waals surface area contributed by atoms with Crippen LogP contribution in [0.25, 0.3) is 0 Å². The fraction of sp³-hybridized carbons (Fsp3) is 0.381. The molecular weight excluding hydrogens is 418 g/mol. The molecular formula is C21H29N5O6. The molecule has 0 fully saturated rings. The van der Waals surface area contributed by atoms with Crippen LogP contribution in [0.4, 0.5) is 0 Å². The minimum Gasteiger partial charge on any atom is -0.480 e. The summed E-state index contributed by atoms with van der Waals surface area (Å²) in [6.07, 6.45) is 3.54. The number of nitrogens with zero attached hydrogens (tertiary/aromatic N) is 1. The van der Waals surface area contributed by atoms with Gasteiger partial charge in [-0.1, -0.05) is 32.0 Å². The summed E-state index contributed by atoms with van der Waals surface area (Å²) in [5.74, 6) is -2.70. The first-order chi connectivity index (χ1) is 15.1. The van der Waals surface area contributed by atoms with E-state index in [0.717, 1.165) is 0 Å². The summed E-state index contributed by atoms with van der Waals surface area (Å²) in [6.45, 7) is 3.59. The molecule has 0 bridgehead atoms. The number of carbonyl (C=O) groups excluding carboxylic acids is 2. The van der Waals surface area contributed by atoms with E-state index < -0.39 is 35.8 Å². The Morgan fingerprint density at radius 1 is 1.09 bits per heavy atom. The van der Waals surface area contributed by atoms with Gasteiger partial charge in [-0.2, -0.15) is 0 Å². The molecule has 0 spiro atoms. The predicted octanol–water partition coefficient (Wildman–Crippen LogP) is 0.396. The molecule has 2 unspecified atom stereocenters. The number of amides is 2. The summed E-state index contributed by atoms with van der Waals surface area (Å²) in [7, 11) is 0. The Labute approximate surface area is 185 Å². The zero-order valence-corrected chi connectivity index (χ0v) is 17.9. The fourth-order valence-corrected chi connectivity index (χ4v) is 2.52. The molecule has 11 nitrogen and oxygen atoms in total. The smallest absolute Gasteiger partial charge is 0.326 e. The van der Waals surface area contributed by atoms with Gasteiger partial charge in [-0.25, -0.2) is 9.78 Å². The number of aromatic nitrogens is 2. The van der Waals surface area contributed by atoms with Crippen LogP contribution in [0.15, 0.2) is 42.9 Å². The number of hydrogen-bond donors (Lipinski definition) is 6. The first-order valence-electron chi connectivity index (χ1n) is 9.91. The predicted molar refractivity (Wildman–Crippen MR) is 116 cm³/mol. The van der Waals surface area contributed by atoms with E-state index in [0.29, 0.717) is 23.6 Å². The largest absolute Gasteiger partial charge is 0.480 e. The number of benzene rings is 1.